The van der Waals surface area contributed by atoms with Crippen molar-refractivity contribution in [2.24, 2.45) is 0 Å². The Morgan fingerprint density at radius 1 is 1.00 bits per heavy atom. The number of rotatable bonds is 4. The van der Waals surface area contributed by atoms with Gasteiger partial charge in [0.2, 0.25) is 5.95 Å². The van der Waals surface area contributed by atoms with Crippen LogP contribution in [0.15, 0.2) is 47.4 Å². The van der Waals surface area contributed by atoms with Crippen molar-refractivity contribution in [3.05, 3.63) is 69.8 Å². The second-order valence-electron chi connectivity index (χ2n) is 12.5. The largest absolute Gasteiger partial charge is 0.324 e. The Kier molecular flexibility index (Phi) is 4.99. The smallest absolute Gasteiger partial charge is 0.278 e. The summed E-state index contributed by atoms with van der Waals surface area (Å²) in [5.41, 5.74) is 4.56. The zero-order valence-corrected chi connectivity index (χ0v) is 22.7. The van der Waals surface area contributed by atoms with Crippen LogP contribution in [0.25, 0.3) is 16.9 Å². The van der Waals surface area contributed by atoms with Crippen molar-refractivity contribution in [3.8, 4) is 5.82 Å². The molecule has 1 aromatic carbocycles. The molecule has 0 unspecified atom stereocenters. The first-order valence-corrected chi connectivity index (χ1v) is 13.0. The Labute approximate surface area is 217 Å². The summed E-state index contributed by atoms with van der Waals surface area (Å²) in [5, 5.41) is 7.59. The lowest BCUT2D eigenvalue weighted by Crippen LogP contribution is -2.39. The van der Waals surface area contributed by atoms with Crippen LogP contribution in [0.4, 0.5) is 11.6 Å². The Bertz CT molecular complexity index is 1600. The molecule has 1 aliphatic carbocycles. The first-order valence-electron chi connectivity index (χ1n) is 13.0. The molecule has 3 aromatic heterocycles. The Morgan fingerprint density at radius 2 is 1.73 bits per heavy atom. The third-order valence-electron chi connectivity index (χ3n) is 7.48. The van der Waals surface area contributed by atoms with Gasteiger partial charge in [-0.2, -0.15) is 4.98 Å². The van der Waals surface area contributed by atoms with Crippen molar-refractivity contribution >= 4 is 22.7 Å². The van der Waals surface area contributed by atoms with E-state index in [0.717, 1.165) is 24.2 Å². The number of nitrogens with one attached hydrogen (secondary N) is 2. The van der Waals surface area contributed by atoms with Crippen LogP contribution in [0.5, 0.6) is 0 Å². The molecule has 6 rings (SSSR count). The van der Waals surface area contributed by atoms with E-state index in [-0.39, 0.29) is 28.1 Å². The van der Waals surface area contributed by atoms with Gasteiger partial charge in [-0.25, -0.2) is 19.3 Å². The molecule has 8 heteroatoms. The number of nitrogens with zero attached hydrogens (tertiary/aromatic N) is 5. The number of aromatic nitrogens is 5. The lowest BCUT2D eigenvalue weighted by atomic mass is 9.90. The fraction of sp³-hybridized carbons (Fsp3) is 0.448. The maximum Gasteiger partial charge on any atom is 0.278 e. The van der Waals surface area contributed by atoms with E-state index in [0.29, 0.717) is 22.8 Å². The molecule has 0 saturated heterocycles. The van der Waals surface area contributed by atoms with Crippen molar-refractivity contribution in [2.75, 3.05) is 5.32 Å². The fourth-order valence-electron chi connectivity index (χ4n) is 5.62. The molecule has 2 N–H and O–H groups in total. The minimum absolute atomic E-state index is 0.0698. The molecule has 2 aliphatic rings. The molecule has 8 nitrogen and oxygen atoms in total. The molecule has 1 aliphatic heterocycles. The standard InChI is InChI=1S/C29H35N7O/c1-27(2,3)22-9-8-10-23(32-22)36-24-19(25(37)35(36)18-12-13-18)16-30-26(33-24)31-17-11-14-20-21(15-17)29(6,7)34-28(20,4)5/h8-11,14-16,18,34H,12-13H2,1-7H3,(H,30,31,33). The molecule has 37 heavy (non-hydrogen) atoms. The average molecular weight is 498 g/mol. The summed E-state index contributed by atoms with van der Waals surface area (Å²) in [6.07, 6.45) is 3.59. The number of hydrogen-bond acceptors (Lipinski definition) is 6. The zero-order valence-electron chi connectivity index (χ0n) is 22.7. The van der Waals surface area contributed by atoms with Crippen LogP contribution in [0.2, 0.25) is 0 Å². The van der Waals surface area contributed by atoms with E-state index >= 15 is 0 Å². The minimum Gasteiger partial charge on any atom is -0.324 e. The molecule has 4 aromatic rings. The fourth-order valence-corrected chi connectivity index (χ4v) is 5.62. The molecule has 1 fully saturated rings. The van der Waals surface area contributed by atoms with Gasteiger partial charge < -0.3 is 5.32 Å². The normalized spacial score (nSPS) is 18.2. The third-order valence-corrected chi connectivity index (χ3v) is 7.48. The van der Waals surface area contributed by atoms with Gasteiger partial charge in [0, 0.05) is 34.1 Å². The third kappa shape index (κ3) is 3.94. The summed E-state index contributed by atoms with van der Waals surface area (Å²) >= 11 is 0. The Balaban J connectivity index is 1.46. The summed E-state index contributed by atoms with van der Waals surface area (Å²) in [6.45, 7) is 15.2. The zero-order chi connectivity index (χ0) is 26.3. The molecule has 0 atom stereocenters. The van der Waals surface area contributed by atoms with Crippen LogP contribution >= 0.6 is 0 Å². The molecular weight excluding hydrogens is 462 g/mol. The van der Waals surface area contributed by atoms with Gasteiger partial charge in [-0.05, 0) is 75.9 Å². The van der Waals surface area contributed by atoms with Crippen LogP contribution in [-0.4, -0.2) is 24.3 Å². The monoisotopic (exact) mass is 497 g/mol. The lowest BCUT2D eigenvalue weighted by molar-refractivity contribution is 0.319. The number of benzene rings is 1. The van der Waals surface area contributed by atoms with Gasteiger partial charge in [-0.1, -0.05) is 32.9 Å². The van der Waals surface area contributed by atoms with Gasteiger partial charge in [0.05, 0.1) is 6.04 Å². The van der Waals surface area contributed by atoms with E-state index in [9.17, 15) is 4.79 Å². The van der Waals surface area contributed by atoms with E-state index < -0.39 is 0 Å². The summed E-state index contributed by atoms with van der Waals surface area (Å²) in [6, 6.07) is 12.5. The SMILES string of the molecule is CC(C)(C)c1cccc(-n2c3nc(Nc4ccc5c(c4)C(C)(C)NC5(C)C)ncc3c(=O)n2C2CC2)n1. The Morgan fingerprint density at radius 3 is 2.43 bits per heavy atom. The summed E-state index contributed by atoms with van der Waals surface area (Å²) < 4.78 is 3.69. The van der Waals surface area contributed by atoms with Gasteiger partial charge in [0.25, 0.3) is 5.56 Å². The van der Waals surface area contributed by atoms with E-state index in [1.165, 1.54) is 11.1 Å². The molecule has 0 amide bonds. The maximum absolute atomic E-state index is 13.4. The number of anilines is 2. The van der Waals surface area contributed by atoms with Gasteiger partial charge >= 0.3 is 0 Å². The molecule has 0 radical (unpaired) electrons. The van der Waals surface area contributed by atoms with Gasteiger partial charge in [-0.3, -0.25) is 10.1 Å². The Hall–Kier alpha value is -3.52. The second kappa shape index (κ2) is 7.74. The van der Waals surface area contributed by atoms with Gasteiger partial charge in [-0.15, -0.1) is 0 Å². The minimum atomic E-state index is -0.146. The second-order valence-corrected chi connectivity index (χ2v) is 12.5. The van der Waals surface area contributed by atoms with E-state index in [1.54, 1.807) is 6.20 Å². The van der Waals surface area contributed by atoms with Crippen molar-refractivity contribution in [3.63, 3.8) is 0 Å². The lowest BCUT2D eigenvalue weighted by Gasteiger charge is -2.25. The van der Waals surface area contributed by atoms with Crippen LogP contribution in [0.3, 0.4) is 0 Å². The van der Waals surface area contributed by atoms with Crippen molar-refractivity contribution < 1.29 is 0 Å². The molecule has 4 heterocycles. The molecule has 0 bridgehead atoms. The number of hydrogen-bond donors (Lipinski definition) is 2. The molecular formula is C29H35N7O. The van der Waals surface area contributed by atoms with E-state index in [1.807, 2.05) is 27.6 Å². The summed E-state index contributed by atoms with van der Waals surface area (Å²) in [4.78, 5) is 27.7. The quantitative estimate of drug-likeness (QED) is 0.391. The highest BCUT2D eigenvalue weighted by molar-refractivity contribution is 5.77. The molecule has 0 spiro atoms. The van der Waals surface area contributed by atoms with Crippen molar-refractivity contribution in [1.82, 2.24) is 29.6 Å². The number of pyridine rings is 1. The van der Waals surface area contributed by atoms with Gasteiger partial charge in [0.15, 0.2) is 11.5 Å². The molecule has 1 saturated carbocycles. The topological polar surface area (TPSA) is 89.7 Å². The predicted octanol–water partition coefficient (Wildman–Crippen LogP) is 5.43. The van der Waals surface area contributed by atoms with Gasteiger partial charge in [0.1, 0.15) is 5.39 Å². The average Bonchev–Trinajstić information content (AvgIpc) is 3.58. The summed E-state index contributed by atoms with van der Waals surface area (Å²) in [7, 11) is 0. The van der Waals surface area contributed by atoms with Crippen molar-refractivity contribution in [2.45, 2.75) is 83.8 Å². The number of fused-ring (bicyclic) bond motifs is 2. The first kappa shape index (κ1) is 23.9. The highest BCUT2D eigenvalue weighted by Crippen LogP contribution is 2.42. The highest BCUT2D eigenvalue weighted by atomic mass is 16.1. The maximum atomic E-state index is 13.4. The summed E-state index contributed by atoms with van der Waals surface area (Å²) in [5.74, 6) is 1.15. The van der Waals surface area contributed by atoms with E-state index in [2.05, 4.69) is 82.3 Å². The van der Waals surface area contributed by atoms with Crippen LogP contribution in [0, 0.1) is 0 Å². The van der Waals surface area contributed by atoms with E-state index in [4.69, 9.17) is 9.97 Å². The van der Waals surface area contributed by atoms with Crippen LogP contribution < -0.4 is 16.2 Å². The predicted molar refractivity (Wildman–Crippen MR) is 147 cm³/mol. The van der Waals surface area contributed by atoms with Crippen molar-refractivity contribution in [1.29, 1.82) is 0 Å². The van der Waals surface area contributed by atoms with Crippen LogP contribution in [-0.2, 0) is 16.5 Å². The highest BCUT2D eigenvalue weighted by Gasteiger charge is 2.41. The molecule has 192 valence electrons. The first-order chi connectivity index (χ1) is 17.3. The van der Waals surface area contributed by atoms with Crippen LogP contribution in [0.1, 0.15) is 84.2 Å².